The summed E-state index contributed by atoms with van der Waals surface area (Å²) in [6, 6.07) is 2.25. The fourth-order valence-corrected chi connectivity index (χ4v) is 3.37. The van der Waals surface area contributed by atoms with E-state index in [1.165, 1.54) is 12.4 Å². The highest BCUT2D eigenvalue weighted by atomic mass is 19.4. The third kappa shape index (κ3) is 2.22. The zero-order valence-electron chi connectivity index (χ0n) is 12.1. The van der Waals surface area contributed by atoms with E-state index in [1.807, 2.05) is 11.9 Å². The molecular formula is C14H15F3N4O. The topological polar surface area (TPSA) is 63.6 Å². The van der Waals surface area contributed by atoms with Crippen molar-refractivity contribution in [2.24, 2.45) is 13.0 Å². The molecule has 3 rings (SSSR count). The lowest BCUT2D eigenvalue weighted by atomic mass is 9.58. The fraction of sp³-hybridized carbons (Fsp3) is 0.500. The van der Waals surface area contributed by atoms with E-state index in [0.29, 0.717) is 30.1 Å². The van der Waals surface area contributed by atoms with Crippen molar-refractivity contribution < 1.29 is 13.2 Å². The van der Waals surface area contributed by atoms with Gasteiger partial charge in [-0.05, 0) is 30.4 Å². The van der Waals surface area contributed by atoms with Gasteiger partial charge in [0.05, 0.1) is 5.41 Å². The molecule has 2 heterocycles. The molecule has 1 saturated carbocycles. The smallest absolute Gasteiger partial charge is 0.320 e. The second kappa shape index (κ2) is 4.69. The molecule has 0 bridgehead atoms. The fourth-order valence-electron chi connectivity index (χ4n) is 3.37. The normalized spacial score (nSPS) is 25.0. The molecule has 1 aliphatic rings. The Morgan fingerprint density at radius 2 is 2.05 bits per heavy atom. The van der Waals surface area contributed by atoms with E-state index in [2.05, 4.69) is 10.2 Å². The molecule has 8 heteroatoms. The van der Waals surface area contributed by atoms with E-state index in [9.17, 15) is 18.0 Å². The highest BCUT2D eigenvalue weighted by molar-refractivity contribution is 5.37. The van der Waals surface area contributed by atoms with Gasteiger partial charge >= 0.3 is 6.18 Å². The number of hydrogen-bond donors (Lipinski definition) is 1. The van der Waals surface area contributed by atoms with Crippen molar-refractivity contribution in [3.05, 3.63) is 45.9 Å². The molecule has 0 saturated heterocycles. The molecule has 0 atom stereocenters. The van der Waals surface area contributed by atoms with Crippen molar-refractivity contribution in [2.45, 2.75) is 31.4 Å². The van der Waals surface area contributed by atoms with Crippen molar-refractivity contribution in [1.29, 1.82) is 0 Å². The number of halogens is 3. The zero-order valence-corrected chi connectivity index (χ0v) is 12.1. The summed E-state index contributed by atoms with van der Waals surface area (Å²) in [7, 11) is 1.75. The van der Waals surface area contributed by atoms with Crippen molar-refractivity contribution in [3.63, 3.8) is 0 Å². The average molecular weight is 312 g/mol. The first-order valence-corrected chi connectivity index (χ1v) is 6.89. The molecule has 2 aromatic rings. The van der Waals surface area contributed by atoms with Crippen molar-refractivity contribution in [2.75, 3.05) is 0 Å². The van der Waals surface area contributed by atoms with E-state index in [4.69, 9.17) is 0 Å². The highest BCUT2D eigenvalue weighted by Crippen LogP contribution is 2.51. The predicted molar refractivity (Wildman–Crippen MR) is 72.2 cm³/mol. The Morgan fingerprint density at radius 1 is 1.36 bits per heavy atom. The number of aryl methyl sites for hydroxylation is 1. The van der Waals surface area contributed by atoms with Crippen LogP contribution in [0.1, 0.15) is 36.8 Å². The summed E-state index contributed by atoms with van der Waals surface area (Å²) >= 11 is 0. The van der Waals surface area contributed by atoms with Crippen LogP contribution in [0.2, 0.25) is 0 Å². The lowest BCUT2D eigenvalue weighted by Gasteiger charge is -2.46. The SMILES string of the molecule is CC1CC(c2cc(C(F)(F)F)[nH]c(=O)c2)(c2nncn2C)C1. The van der Waals surface area contributed by atoms with Crippen molar-refractivity contribution in [1.82, 2.24) is 19.7 Å². The van der Waals surface area contributed by atoms with Crippen LogP contribution in [0.25, 0.3) is 0 Å². The summed E-state index contributed by atoms with van der Waals surface area (Å²) in [5, 5.41) is 7.88. The molecular weight excluding hydrogens is 297 g/mol. The maximum Gasteiger partial charge on any atom is 0.431 e. The number of alkyl halides is 3. The Balaban J connectivity index is 2.17. The molecule has 0 aliphatic heterocycles. The molecule has 0 spiro atoms. The van der Waals surface area contributed by atoms with Gasteiger partial charge in [-0.2, -0.15) is 13.2 Å². The summed E-state index contributed by atoms with van der Waals surface area (Å²) in [6.45, 7) is 2.02. The predicted octanol–water partition coefficient (Wildman–Crippen LogP) is 2.24. The van der Waals surface area contributed by atoms with Gasteiger partial charge in [0.2, 0.25) is 5.56 Å². The van der Waals surface area contributed by atoms with Gasteiger partial charge in [-0.3, -0.25) is 4.79 Å². The zero-order chi connectivity index (χ0) is 16.1. The lowest BCUT2D eigenvalue weighted by Crippen LogP contribution is -2.44. The van der Waals surface area contributed by atoms with Gasteiger partial charge in [0.25, 0.3) is 0 Å². The quantitative estimate of drug-likeness (QED) is 0.925. The Bertz CT molecular complexity index is 756. The van der Waals surface area contributed by atoms with Crippen LogP contribution in [0, 0.1) is 5.92 Å². The van der Waals surface area contributed by atoms with E-state index in [-0.39, 0.29) is 0 Å². The van der Waals surface area contributed by atoms with Gasteiger partial charge in [0.15, 0.2) is 0 Å². The number of H-pyrrole nitrogens is 1. The number of nitrogens with zero attached hydrogens (tertiary/aromatic N) is 3. The molecule has 2 aromatic heterocycles. The molecule has 5 nitrogen and oxygen atoms in total. The van der Waals surface area contributed by atoms with Crippen LogP contribution in [0.4, 0.5) is 13.2 Å². The maximum absolute atomic E-state index is 13.0. The van der Waals surface area contributed by atoms with Crippen LogP contribution in [0.3, 0.4) is 0 Å². The van der Waals surface area contributed by atoms with Gasteiger partial charge < -0.3 is 9.55 Å². The minimum atomic E-state index is -4.59. The number of hydrogen-bond acceptors (Lipinski definition) is 3. The molecule has 118 valence electrons. The van der Waals surface area contributed by atoms with E-state index in [0.717, 1.165) is 6.07 Å². The van der Waals surface area contributed by atoms with E-state index < -0.39 is 22.8 Å². The Labute approximate surface area is 124 Å². The molecule has 0 unspecified atom stereocenters. The Morgan fingerprint density at radius 3 is 2.55 bits per heavy atom. The third-order valence-corrected chi connectivity index (χ3v) is 4.24. The standard InChI is InChI=1S/C14H15F3N4O/c1-8-5-13(6-8,12-20-18-7-21(12)2)9-3-10(14(15,16)17)19-11(22)4-9/h3-4,7-8H,5-6H2,1-2H3,(H,19,22). The van der Waals surface area contributed by atoms with Gasteiger partial charge in [-0.25, -0.2) is 0 Å². The molecule has 0 radical (unpaired) electrons. The number of rotatable bonds is 2. The summed E-state index contributed by atoms with van der Waals surface area (Å²) in [4.78, 5) is 13.5. The van der Waals surface area contributed by atoms with E-state index >= 15 is 0 Å². The largest absolute Gasteiger partial charge is 0.431 e. The average Bonchev–Trinajstić information content (AvgIpc) is 2.79. The number of aromatic nitrogens is 4. The number of aromatic amines is 1. The molecule has 1 N–H and O–H groups in total. The van der Waals surface area contributed by atoms with Crippen LogP contribution in [0.5, 0.6) is 0 Å². The summed E-state index contributed by atoms with van der Waals surface area (Å²) in [5.74, 6) is 0.939. The first-order valence-electron chi connectivity index (χ1n) is 6.89. The molecule has 0 amide bonds. The Hall–Kier alpha value is -2.12. The summed E-state index contributed by atoms with van der Waals surface area (Å²) in [6.07, 6.45) is -1.80. The van der Waals surface area contributed by atoms with Crippen LogP contribution in [-0.4, -0.2) is 19.7 Å². The second-order valence-corrected chi connectivity index (χ2v) is 6.01. The summed E-state index contributed by atoms with van der Waals surface area (Å²) in [5.41, 5.74) is -2.13. The second-order valence-electron chi connectivity index (χ2n) is 6.01. The molecule has 1 aliphatic carbocycles. The lowest BCUT2D eigenvalue weighted by molar-refractivity contribution is -0.141. The minimum Gasteiger partial charge on any atom is -0.320 e. The summed E-state index contributed by atoms with van der Waals surface area (Å²) < 4.78 is 40.6. The maximum atomic E-state index is 13.0. The first kappa shape index (κ1) is 14.8. The number of pyridine rings is 1. The van der Waals surface area contributed by atoms with E-state index in [1.54, 1.807) is 11.6 Å². The van der Waals surface area contributed by atoms with Gasteiger partial charge in [-0.1, -0.05) is 6.92 Å². The highest BCUT2D eigenvalue weighted by Gasteiger charge is 2.49. The third-order valence-electron chi connectivity index (χ3n) is 4.24. The molecule has 1 fully saturated rings. The van der Waals surface area contributed by atoms with Gasteiger partial charge in [0, 0.05) is 13.1 Å². The van der Waals surface area contributed by atoms with Crippen LogP contribution in [0.15, 0.2) is 23.3 Å². The van der Waals surface area contributed by atoms with Crippen LogP contribution in [-0.2, 0) is 18.6 Å². The first-order chi connectivity index (χ1) is 10.2. The monoisotopic (exact) mass is 312 g/mol. The minimum absolute atomic E-state index is 0.345. The van der Waals surface area contributed by atoms with Crippen LogP contribution >= 0.6 is 0 Å². The van der Waals surface area contributed by atoms with Gasteiger partial charge in [-0.15, -0.1) is 10.2 Å². The van der Waals surface area contributed by atoms with Crippen molar-refractivity contribution >= 4 is 0 Å². The van der Waals surface area contributed by atoms with Crippen LogP contribution < -0.4 is 5.56 Å². The molecule has 22 heavy (non-hydrogen) atoms. The molecule has 0 aromatic carbocycles. The number of nitrogens with one attached hydrogen (secondary N) is 1. The van der Waals surface area contributed by atoms with Gasteiger partial charge in [0.1, 0.15) is 17.8 Å². The van der Waals surface area contributed by atoms with Crippen molar-refractivity contribution in [3.8, 4) is 0 Å². The Kier molecular flexibility index (Phi) is 3.15.